The lowest BCUT2D eigenvalue weighted by Crippen LogP contribution is -2.39. The molecule has 1 rings (SSSR count). The van der Waals surface area contributed by atoms with E-state index in [2.05, 4.69) is 10.6 Å². The molecule has 140 valence electrons. The number of benzene rings is 1. The van der Waals surface area contributed by atoms with Gasteiger partial charge >= 0.3 is 0 Å². The van der Waals surface area contributed by atoms with E-state index in [1.54, 1.807) is 12.1 Å². The van der Waals surface area contributed by atoms with Crippen molar-refractivity contribution < 1.29 is 18.0 Å². The SMILES string of the molecule is CCCNC(=O)CCNC(=O)CN(C)S(=O)(=O)c1ccc(C)c(C)c1. The van der Waals surface area contributed by atoms with E-state index in [4.69, 9.17) is 0 Å². The van der Waals surface area contributed by atoms with Crippen molar-refractivity contribution in [2.75, 3.05) is 26.7 Å². The molecule has 0 aliphatic heterocycles. The summed E-state index contributed by atoms with van der Waals surface area (Å²) in [6, 6.07) is 4.87. The Kier molecular flexibility index (Phi) is 8.05. The number of carbonyl (C=O) groups is 2. The molecule has 0 heterocycles. The maximum Gasteiger partial charge on any atom is 0.243 e. The van der Waals surface area contributed by atoms with Crippen LogP contribution in [0.15, 0.2) is 23.1 Å². The van der Waals surface area contributed by atoms with Gasteiger partial charge in [0.15, 0.2) is 0 Å². The summed E-state index contributed by atoms with van der Waals surface area (Å²) in [6.07, 6.45) is 1.01. The first kappa shape index (κ1) is 21.1. The highest BCUT2D eigenvalue weighted by molar-refractivity contribution is 7.89. The molecule has 0 fully saturated rings. The van der Waals surface area contributed by atoms with Crippen LogP contribution in [0.1, 0.15) is 30.9 Å². The van der Waals surface area contributed by atoms with Crippen molar-refractivity contribution >= 4 is 21.8 Å². The Bertz CT molecular complexity index is 717. The van der Waals surface area contributed by atoms with E-state index in [-0.39, 0.29) is 30.3 Å². The molecule has 8 heteroatoms. The number of amides is 2. The van der Waals surface area contributed by atoms with Gasteiger partial charge in [-0.2, -0.15) is 4.31 Å². The summed E-state index contributed by atoms with van der Waals surface area (Å²) in [5.41, 5.74) is 1.87. The second-order valence-electron chi connectivity index (χ2n) is 5.96. The van der Waals surface area contributed by atoms with E-state index >= 15 is 0 Å². The minimum absolute atomic E-state index is 0.141. The largest absolute Gasteiger partial charge is 0.356 e. The third-order valence-corrected chi connectivity index (χ3v) is 5.60. The van der Waals surface area contributed by atoms with Crippen LogP contribution in [0.2, 0.25) is 0 Å². The number of rotatable bonds is 9. The second-order valence-corrected chi connectivity index (χ2v) is 8.00. The van der Waals surface area contributed by atoms with Gasteiger partial charge in [-0.15, -0.1) is 0 Å². The Labute approximate surface area is 149 Å². The Hall–Kier alpha value is -1.93. The average Bonchev–Trinajstić information content (AvgIpc) is 2.55. The van der Waals surface area contributed by atoms with Gasteiger partial charge in [0.05, 0.1) is 11.4 Å². The van der Waals surface area contributed by atoms with E-state index in [0.717, 1.165) is 21.9 Å². The van der Waals surface area contributed by atoms with Crippen molar-refractivity contribution in [2.45, 2.75) is 38.5 Å². The first-order valence-electron chi connectivity index (χ1n) is 8.25. The Morgan fingerprint density at radius 2 is 1.68 bits per heavy atom. The van der Waals surface area contributed by atoms with Crippen LogP contribution in [0.3, 0.4) is 0 Å². The van der Waals surface area contributed by atoms with Crippen molar-refractivity contribution in [3.8, 4) is 0 Å². The van der Waals surface area contributed by atoms with Crippen molar-refractivity contribution in [1.29, 1.82) is 0 Å². The molecule has 0 aromatic heterocycles. The monoisotopic (exact) mass is 369 g/mol. The molecule has 7 nitrogen and oxygen atoms in total. The van der Waals surface area contributed by atoms with E-state index in [0.29, 0.717) is 6.54 Å². The minimum atomic E-state index is -3.73. The van der Waals surface area contributed by atoms with Gasteiger partial charge in [-0.1, -0.05) is 13.0 Å². The zero-order chi connectivity index (χ0) is 19.0. The van der Waals surface area contributed by atoms with Crippen molar-refractivity contribution in [3.05, 3.63) is 29.3 Å². The van der Waals surface area contributed by atoms with Gasteiger partial charge in [0, 0.05) is 26.6 Å². The van der Waals surface area contributed by atoms with E-state index in [1.165, 1.54) is 13.1 Å². The molecular formula is C17H27N3O4S. The minimum Gasteiger partial charge on any atom is -0.356 e. The quantitative estimate of drug-likeness (QED) is 0.678. The number of nitrogens with one attached hydrogen (secondary N) is 2. The molecule has 25 heavy (non-hydrogen) atoms. The van der Waals surface area contributed by atoms with E-state index in [1.807, 2.05) is 20.8 Å². The van der Waals surface area contributed by atoms with Crippen LogP contribution in [-0.2, 0) is 19.6 Å². The Morgan fingerprint density at radius 3 is 2.28 bits per heavy atom. The van der Waals surface area contributed by atoms with Crippen LogP contribution in [0, 0.1) is 13.8 Å². The van der Waals surface area contributed by atoms with Gasteiger partial charge in [-0.05, 0) is 43.5 Å². The third kappa shape index (κ3) is 6.47. The van der Waals surface area contributed by atoms with Gasteiger partial charge in [0.1, 0.15) is 0 Å². The van der Waals surface area contributed by atoms with Gasteiger partial charge in [0.2, 0.25) is 21.8 Å². The fourth-order valence-corrected chi connectivity index (χ4v) is 3.28. The molecule has 1 aromatic carbocycles. The number of aryl methyl sites for hydroxylation is 2. The van der Waals surface area contributed by atoms with Crippen molar-refractivity contribution in [2.24, 2.45) is 0 Å². The fraction of sp³-hybridized carbons (Fsp3) is 0.529. The molecule has 1 aromatic rings. The molecular weight excluding hydrogens is 342 g/mol. The van der Waals surface area contributed by atoms with Gasteiger partial charge < -0.3 is 10.6 Å². The summed E-state index contributed by atoms with van der Waals surface area (Å²) < 4.78 is 26.0. The number of hydrogen-bond acceptors (Lipinski definition) is 4. The standard InChI is InChI=1S/C17H27N3O4S/c1-5-9-18-16(21)8-10-19-17(22)12-20(4)25(23,24)15-7-6-13(2)14(3)11-15/h6-7,11H,5,8-10,12H2,1-4H3,(H,18,21)(H,19,22). The van der Waals surface area contributed by atoms with Crippen LogP contribution in [-0.4, -0.2) is 51.2 Å². The van der Waals surface area contributed by atoms with Crippen LogP contribution in [0.4, 0.5) is 0 Å². The molecule has 0 aliphatic carbocycles. The van der Waals surface area contributed by atoms with Crippen LogP contribution < -0.4 is 10.6 Å². The highest BCUT2D eigenvalue weighted by Crippen LogP contribution is 2.17. The number of sulfonamides is 1. The predicted molar refractivity (Wildman–Crippen MR) is 96.7 cm³/mol. The number of nitrogens with zero attached hydrogens (tertiary/aromatic N) is 1. The van der Waals surface area contributed by atoms with Crippen LogP contribution in [0.25, 0.3) is 0 Å². The Morgan fingerprint density at radius 1 is 1.04 bits per heavy atom. The van der Waals surface area contributed by atoms with Crippen LogP contribution >= 0.6 is 0 Å². The molecule has 2 N–H and O–H groups in total. The predicted octanol–water partition coefficient (Wildman–Crippen LogP) is 0.956. The van der Waals surface area contributed by atoms with Crippen molar-refractivity contribution in [1.82, 2.24) is 14.9 Å². The second kappa shape index (κ2) is 9.53. The highest BCUT2D eigenvalue weighted by atomic mass is 32.2. The van der Waals surface area contributed by atoms with Gasteiger partial charge in [-0.25, -0.2) is 8.42 Å². The highest BCUT2D eigenvalue weighted by Gasteiger charge is 2.23. The number of carbonyl (C=O) groups excluding carboxylic acids is 2. The lowest BCUT2D eigenvalue weighted by Gasteiger charge is -2.17. The summed E-state index contributed by atoms with van der Waals surface area (Å²) in [5.74, 6) is -0.587. The average molecular weight is 369 g/mol. The zero-order valence-electron chi connectivity index (χ0n) is 15.3. The zero-order valence-corrected chi connectivity index (χ0v) is 16.1. The first-order chi connectivity index (χ1) is 11.7. The molecule has 0 aliphatic rings. The molecule has 2 amide bonds. The lowest BCUT2D eigenvalue weighted by atomic mass is 10.1. The lowest BCUT2D eigenvalue weighted by molar-refractivity contribution is -0.122. The molecule has 0 saturated heterocycles. The Balaban J connectivity index is 2.56. The smallest absolute Gasteiger partial charge is 0.243 e. The first-order valence-corrected chi connectivity index (χ1v) is 9.69. The number of likely N-dealkylation sites (N-methyl/N-ethyl adjacent to an activating group) is 1. The molecule has 0 bridgehead atoms. The summed E-state index contributed by atoms with van der Waals surface area (Å²) in [7, 11) is -2.37. The number of hydrogen-bond donors (Lipinski definition) is 2. The fourth-order valence-electron chi connectivity index (χ4n) is 2.07. The molecule has 0 atom stereocenters. The molecule has 0 spiro atoms. The van der Waals surface area contributed by atoms with Gasteiger partial charge in [-0.3, -0.25) is 9.59 Å². The van der Waals surface area contributed by atoms with E-state index in [9.17, 15) is 18.0 Å². The normalized spacial score (nSPS) is 11.4. The molecule has 0 unspecified atom stereocenters. The summed E-state index contributed by atoms with van der Waals surface area (Å²) in [5, 5.41) is 5.26. The summed E-state index contributed by atoms with van der Waals surface area (Å²) in [6.45, 7) is 6.17. The summed E-state index contributed by atoms with van der Waals surface area (Å²) >= 11 is 0. The maximum atomic E-state index is 12.5. The molecule has 0 radical (unpaired) electrons. The third-order valence-electron chi connectivity index (χ3n) is 3.80. The topological polar surface area (TPSA) is 95.6 Å². The molecule has 0 saturated carbocycles. The van der Waals surface area contributed by atoms with E-state index < -0.39 is 15.9 Å². The van der Waals surface area contributed by atoms with Gasteiger partial charge in [0.25, 0.3) is 0 Å². The van der Waals surface area contributed by atoms with Crippen molar-refractivity contribution in [3.63, 3.8) is 0 Å². The summed E-state index contributed by atoms with van der Waals surface area (Å²) in [4.78, 5) is 23.5. The maximum absolute atomic E-state index is 12.5. The van der Waals surface area contributed by atoms with Crippen LogP contribution in [0.5, 0.6) is 0 Å².